The van der Waals surface area contributed by atoms with Crippen LogP contribution in [0.15, 0.2) is 29.3 Å². The number of carbonyl (C=O) groups is 1. The van der Waals surface area contributed by atoms with Gasteiger partial charge in [0.05, 0.1) is 6.54 Å². The van der Waals surface area contributed by atoms with E-state index in [4.69, 9.17) is 0 Å². The van der Waals surface area contributed by atoms with Gasteiger partial charge >= 0.3 is 0 Å². The highest BCUT2D eigenvalue weighted by Gasteiger charge is 2.09. The third-order valence-electron chi connectivity index (χ3n) is 4.03. The van der Waals surface area contributed by atoms with Crippen LogP contribution in [0.5, 0.6) is 0 Å². The fraction of sp³-hybridized carbons (Fsp3) is 0.600. The number of amides is 1. The zero-order valence-corrected chi connectivity index (χ0v) is 19.7. The summed E-state index contributed by atoms with van der Waals surface area (Å²) >= 11 is 0. The number of rotatable bonds is 10. The van der Waals surface area contributed by atoms with E-state index in [2.05, 4.69) is 58.9 Å². The van der Waals surface area contributed by atoms with Crippen LogP contribution in [0.25, 0.3) is 0 Å². The molecule has 2 N–H and O–H groups in total. The van der Waals surface area contributed by atoms with Gasteiger partial charge in [-0.25, -0.2) is 4.99 Å². The molecule has 0 aliphatic heterocycles. The van der Waals surface area contributed by atoms with Gasteiger partial charge in [-0.15, -0.1) is 24.0 Å². The number of hydrogen-bond acceptors (Lipinski definition) is 3. The third-order valence-corrected chi connectivity index (χ3v) is 4.03. The minimum Gasteiger partial charge on any atom is -0.357 e. The molecular formula is C20H36IN5O. The Bertz CT molecular complexity index is 556. The van der Waals surface area contributed by atoms with Crippen LogP contribution in [0.2, 0.25) is 0 Å². The standard InChI is InChI=1S/C20H35N5O.HI/c1-6-21-20(22-14-13-19(26)25(7-2)8-3)23-15-17-9-11-18(12-10-17)16-24(4)5;/h9-12H,6-8,13-16H2,1-5H3,(H2,21,22,23);1H. The van der Waals surface area contributed by atoms with Crippen molar-refractivity contribution in [2.24, 2.45) is 4.99 Å². The van der Waals surface area contributed by atoms with Crippen LogP contribution in [0.1, 0.15) is 38.3 Å². The quantitative estimate of drug-likeness (QED) is 0.302. The van der Waals surface area contributed by atoms with Crippen molar-refractivity contribution >= 4 is 35.8 Å². The van der Waals surface area contributed by atoms with E-state index in [0.29, 0.717) is 19.5 Å². The number of halogens is 1. The highest BCUT2D eigenvalue weighted by Crippen LogP contribution is 2.07. The number of aliphatic imine (C=N–C) groups is 1. The summed E-state index contributed by atoms with van der Waals surface area (Å²) in [6.45, 7) is 10.5. The van der Waals surface area contributed by atoms with Gasteiger partial charge in [-0.2, -0.15) is 0 Å². The van der Waals surface area contributed by atoms with Gasteiger partial charge in [0.25, 0.3) is 0 Å². The van der Waals surface area contributed by atoms with E-state index < -0.39 is 0 Å². The van der Waals surface area contributed by atoms with Crippen LogP contribution in [0.4, 0.5) is 0 Å². The Hall–Kier alpha value is -1.35. The molecule has 0 fully saturated rings. The Balaban J connectivity index is 0.00000676. The maximum atomic E-state index is 12.1. The minimum absolute atomic E-state index is 0. The van der Waals surface area contributed by atoms with Crippen molar-refractivity contribution in [3.63, 3.8) is 0 Å². The molecule has 0 radical (unpaired) electrons. The molecule has 0 aliphatic carbocycles. The molecule has 0 aromatic heterocycles. The highest BCUT2D eigenvalue weighted by atomic mass is 127. The molecule has 7 heteroatoms. The first-order valence-corrected chi connectivity index (χ1v) is 9.52. The van der Waals surface area contributed by atoms with E-state index in [1.165, 1.54) is 11.1 Å². The Morgan fingerprint density at radius 1 is 1.00 bits per heavy atom. The van der Waals surface area contributed by atoms with Crippen LogP contribution >= 0.6 is 24.0 Å². The van der Waals surface area contributed by atoms with Gasteiger partial charge in [-0.05, 0) is 46.0 Å². The number of nitrogens with zero attached hydrogens (tertiary/aromatic N) is 3. The van der Waals surface area contributed by atoms with E-state index >= 15 is 0 Å². The molecule has 1 aromatic rings. The molecule has 0 aliphatic rings. The van der Waals surface area contributed by atoms with Crippen molar-refractivity contribution in [2.75, 3.05) is 40.3 Å². The van der Waals surface area contributed by atoms with Gasteiger partial charge in [0, 0.05) is 39.1 Å². The van der Waals surface area contributed by atoms with Crippen LogP contribution in [0.3, 0.4) is 0 Å². The van der Waals surface area contributed by atoms with Crippen molar-refractivity contribution in [1.82, 2.24) is 20.4 Å². The smallest absolute Gasteiger partial charge is 0.224 e. The first-order chi connectivity index (χ1) is 12.5. The lowest BCUT2D eigenvalue weighted by atomic mass is 10.1. The fourth-order valence-corrected chi connectivity index (χ4v) is 2.65. The van der Waals surface area contributed by atoms with E-state index in [1.54, 1.807) is 0 Å². The molecule has 154 valence electrons. The monoisotopic (exact) mass is 489 g/mol. The Morgan fingerprint density at radius 2 is 1.59 bits per heavy atom. The zero-order valence-electron chi connectivity index (χ0n) is 17.4. The average Bonchev–Trinajstić information content (AvgIpc) is 2.61. The lowest BCUT2D eigenvalue weighted by molar-refractivity contribution is -0.130. The molecule has 1 aromatic carbocycles. The SMILES string of the molecule is CCNC(=NCc1ccc(CN(C)C)cc1)NCCC(=O)N(CC)CC.I. The van der Waals surface area contributed by atoms with Gasteiger partial charge in [-0.1, -0.05) is 24.3 Å². The van der Waals surface area contributed by atoms with Gasteiger partial charge in [0.15, 0.2) is 5.96 Å². The Labute approximate surface area is 181 Å². The molecule has 0 unspecified atom stereocenters. The van der Waals surface area contributed by atoms with Crippen molar-refractivity contribution in [1.29, 1.82) is 0 Å². The van der Waals surface area contributed by atoms with E-state index in [-0.39, 0.29) is 29.9 Å². The normalized spacial score (nSPS) is 11.1. The molecule has 0 atom stereocenters. The van der Waals surface area contributed by atoms with Crippen molar-refractivity contribution < 1.29 is 4.79 Å². The van der Waals surface area contributed by atoms with Crippen LogP contribution in [0, 0.1) is 0 Å². The van der Waals surface area contributed by atoms with Gasteiger partial charge in [-0.3, -0.25) is 4.79 Å². The summed E-state index contributed by atoms with van der Waals surface area (Å²) in [6.07, 6.45) is 0.478. The van der Waals surface area contributed by atoms with Crippen molar-refractivity contribution in [3.8, 4) is 0 Å². The minimum atomic E-state index is 0. The number of hydrogen-bond donors (Lipinski definition) is 2. The number of nitrogens with one attached hydrogen (secondary N) is 2. The number of benzene rings is 1. The predicted octanol–water partition coefficient (Wildman–Crippen LogP) is 2.68. The van der Waals surface area contributed by atoms with Crippen molar-refractivity contribution in [2.45, 2.75) is 40.3 Å². The summed E-state index contributed by atoms with van der Waals surface area (Å²) in [5.74, 6) is 0.923. The average molecular weight is 489 g/mol. The largest absolute Gasteiger partial charge is 0.357 e. The summed E-state index contributed by atoms with van der Waals surface area (Å²) < 4.78 is 0. The van der Waals surface area contributed by atoms with Crippen LogP contribution in [-0.4, -0.2) is 61.9 Å². The second-order valence-corrected chi connectivity index (χ2v) is 6.49. The molecule has 0 bridgehead atoms. The molecule has 1 rings (SSSR count). The maximum Gasteiger partial charge on any atom is 0.224 e. The molecule has 0 heterocycles. The summed E-state index contributed by atoms with van der Waals surface area (Å²) in [6, 6.07) is 8.54. The van der Waals surface area contributed by atoms with Gasteiger partial charge < -0.3 is 20.4 Å². The lowest BCUT2D eigenvalue weighted by Gasteiger charge is -2.19. The second kappa shape index (κ2) is 14.7. The topological polar surface area (TPSA) is 60.0 Å². The number of guanidine groups is 1. The Kier molecular flexibility index (Phi) is 13.9. The summed E-state index contributed by atoms with van der Waals surface area (Å²) in [4.78, 5) is 20.7. The van der Waals surface area contributed by atoms with Crippen LogP contribution < -0.4 is 10.6 Å². The van der Waals surface area contributed by atoms with Crippen molar-refractivity contribution in [3.05, 3.63) is 35.4 Å². The summed E-state index contributed by atoms with van der Waals surface area (Å²) in [5, 5.41) is 6.48. The summed E-state index contributed by atoms with van der Waals surface area (Å²) in [7, 11) is 4.13. The fourth-order valence-electron chi connectivity index (χ4n) is 2.65. The third kappa shape index (κ3) is 10.5. The lowest BCUT2D eigenvalue weighted by Crippen LogP contribution is -2.40. The zero-order chi connectivity index (χ0) is 19.4. The summed E-state index contributed by atoms with van der Waals surface area (Å²) in [5.41, 5.74) is 2.46. The predicted molar refractivity (Wildman–Crippen MR) is 125 cm³/mol. The van der Waals surface area contributed by atoms with Gasteiger partial charge in [0.2, 0.25) is 5.91 Å². The molecule has 1 amide bonds. The molecule has 6 nitrogen and oxygen atoms in total. The van der Waals surface area contributed by atoms with E-state index in [1.807, 2.05) is 25.7 Å². The maximum absolute atomic E-state index is 12.1. The Morgan fingerprint density at radius 3 is 2.11 bits per heavy atom. The first kappa shape index (κ1) is 25.6. The first-order valence-electron chi connectivity index (χ1n) is 9.52. The van der Waals surface area contributed by atoms with E-state index in [0.717, 1.165) is 32.1 Å². The van der Waals surface area contributed by atoms with Crippen LogP contribution in [-0.2, 0) is 17.9 Å². The van der Waals surface area contributed by atoms with Gasteiger partial charge in [0.1, 0.15) is 0 Å². The molecule has 0 saturated heterocycles. The molecule has 0 spiro atoms. The highest BCUT2D eigenvalue weighted by molar-refractivity contribution is 14.0. The molecule has 27 heavy (non-hydrogen) atoms. The molecular weight excluding hydrogens is 453 g/mol. The number of carbonyl (C=O) groups excluding carboxylic acids is 1. The van der Waals surface area contributed by atoms with E-state index in [9.17, 15) is 4.79 Å². The molecule has 0 saturated carbocycles. The second-order valence-electron chi connectivity index (χ2n) is 6.49.